The molecule has 0 saturated heterocycles. The number of hydrogen-bond donors (Lipinski definition) is 0. The molecule has 2 fully saturated rings. The van der Waals surface area contributed by atoms with Gasteiger partial charge in [0.2, 0.25) is 5.82 Å². The summed E-state index contributed by atoms with van der Waals surface area (Å²) in [6.07, 6.45) is 6.92. The Hall–Kier alpha value is -1.76. The molecule has 2 heterocycles. The third-order valence-corrected chi connectivity index (χ3v) is 8.48. The van der Waals surface area contributed by atoms with Crippen molar-refractivity contribution < 1.29 is 9.21 Å². The first-order chi connectivity index (χ1) is 15.0. The van der Waals surface area contributed by atoms with Crippen molar-refractivity contribution in [1.82, 2.24) is 14.8 Å². The van der Waals surface area contributed by atoms with Crippen LogP contribution in [0.2, 0.25) is 10.0 Å². The Bertz CT molecular complexity index is 1100. The summed E-state index contributed by atoms with van der Waals surface area (Å²) in [5, 5.41) is 10.4. The predicted molar refractivity (Wildman–Crippen MR) is 123 cm³/mol. The highest BCUT2D eigenvalue weighted by molar-refractivity contribution is 7.99. The van der Waals surface area contributed by atoms with E-state index < -0.39 is 0 Å². The highest BCUT2D eigenvalue weighted by Gasteiger charge is 2.43. The van der Waals surface area contributed by atoms with E-state index in [0.29, 0.717) is 27.3 Å². The zero-order valence-corrected chi connectivity index (χ0v) is 19.5. The Kier molecular flexibility index (Phi) is 5.88. The lowest BCUT2D eigenvalue weighted by atomic mass is 9.84. The van der Waals surface area contributed by atoms with Crippen molar-refractivity contribution in [3.8, 4) is 11.6 Å². The number of nitrogens with zero attached hydrogens (tertiary/aromatic N) is 3. The smallest absolute Gasteiger partial charge is 0.200 e. The zero-order chi connectivity index (χ0) is 21.5. The molecule has 5 nitrogen and oxygen atoms in total. The number of benzene rings is 1. The molecule has 8 heteroatoms. The standard InChI is InChI=1S/C23H23Cl2N3O2S/c1-13(17-10-14-4-5-15(17)9-14)28-22(21-3-2-8-30-21)26-27-23(28)31-12-20(29)16-6-7-18(24)19(25)11-16/h2-3,6-8,11,13-15,17H,4-5,9-10,12H2,1H3. The number of rotatable bonds is 7. The molecule has 162 valence electrons. The van der Waals surface area contributed by atoms with Gasteiger partial charge in [-0.3, -0.25) is 9.36 Å². The number of Topliss-reactive ketones (excluding diaryl/α,β-unsaturated/α-hetero) is 1. The van der Waals surface area contributed by atoms with E-state index >= 15 is 0 Å². The van der Waals surface area contributed by atoms with Crippen molar-refractivity contribution in [2.75, 3.05) is 5.75 Å². The highest BCUT2D eigenvalue weighted by atomic mass is 35.5. The van der Waals surface area contributed by atoms with Gasteiger partial charge in [0.15, 0.2) is 16.7 Å². The highest BCUT2D eigenvalue weighted by Crippen LogP contribution is 2.53. The number of carbonyl (C=O) groups is 1. The van der Waals surface area contributed by atoms with Gasteiger partial charge in [0, 0.05) is 11.6 Å². The number of halogens is 2. The number of aromatic nitrogens is 3. The van der Waals surface area contributed by atoms with Gasteiger partial charge in [0.25, 0.3) is 0 Å². The molecule has 0 spiro atoms. The zero-order valence-electron chi connectivity index (χ0n) is 17.1. The fourth-order valence-electron chi connectivity index (χ4n) is 5.28. The Morgan fingerprint density at radius 1 is 1.23 bits per heavy atom. The van der Waals surface area contributed by atoms with Crippen LogP contribution < -0.4 is 0 Å². The van der Waals surface area contributed by atoms with Crippen LogP contribution in [0.1, 0.15) is 49.0 Å². The minimum absolute atomic E-state index is 0.0229. The molecule has 0 N–H and O–H groups in total. The molecule has 31 heavy (non-hydrogen) atoms. The largest absolute Gasteiger partial charge is 0.461 e. The molecule has 2 aromatic heterocycles. The van der Waals surface area contributed by atoms with Gasteiger partial charge < -0.3 is 4.42 Å². The molecule has 1 aromatic carbocycles. The van der Waals surface area contributed by atoms with E-state index in [1.807, 2.05) is 12.1 Å². The van der Waals surface area contributed by atoms with E-state index in [1.165, 1.54) is 37.4 Å². The van der Waals surface area contributed by atoms with Gasteiger partial charge in [0.05, 0.1) is 22.1 Å². The number of thioether (sulfide) groups is 1. The maximum atomic E-state index is 12.8. The Morgan fingerprint density at radius 2 is 2.10 bits per heavy atom. The molecule has 3 aromatic rings. The van der Waals surface area contributed by atoms with Crippen molar-refractivity contribution in [2.24, 2.45) is 17.8 Å². The first-order valence-electron chi connectivity index (χ1n) is 10.6. The third kappa shape index (κ3) is 4.06. The average molecular weight is 476 g/mol. The monoisotopic (exact) mass is 475 g/mol. The summed E-state index contributed by atoms with van der Waals surface area (Å²) in [5.41, 5.74) is 0.542. The fourth-order valence-corrected chi connectivity index (χ4v) is 6.49. The number of hydrogen-bond acceptors (Lipinski definition) is 5. The second kappa shape index (κ2) is 8.64. The lowest BCUT2D eigenvalue weighted by Gasteiger charge is -2.30. The van der Waals surface area contributed by atoms with E-state index in [4.69, 9.17) is 27.6 Å². The third-order valence-electron chi connectivity index (χ3n) is 6.80. The van der Waals surface area contributed by atoms with Crippen LogP contribution in [0, 0.1) is 17.8 Å². The van der Waals surface area contributed by atoms with Crippen molar-refractivity contribution in [3.05, 3.63) is 52.2 Å². The van der Waals surface area contributed by atoms with Gasteiger partial charge in [0.1, 0.15) is 0 Å². The summed E-state index contributed by atoms with van der Waals surface area (Å²) in [6.45, 7) is 2.26. The predicted octanol–water partition coefficient (Wildman–Crippen LogP) is 6.82. The van der Waals surface area contributed by atoms with E-state index in [-0.39, 0.29) is 17.6 Å². The number of carbonyl (C=O) groups excluding carboxylic acids is 1. The van der Waals surface area contributed by atoms with Crippen molar-refractivity contribution >= 4 is 40.7 Å². The summed E-state index contributed by atoms with van der Waals surface area (Å²) in [7, 11) is 0. The van der Waals surface area contributed by atoms with Crippen LogP contribution in [-0.2, 0) is 0 Å². The minimum Gasteiger partial charge on any atom is -0.461 e. The van der Waals surface area contributed by atoms with E-state index in [1.54, 1.807) is 24.5 Å². The topological polar surface area (TPSA) is 60.9 Å². The summed E-state index contributed by atoms with van der Waals surface area (Å²) < 4.78 is 7.82. The first kappa shape index (κ1) is 21.1. The van der Waals surface area contributed by atoms with Crippen LogP contribution in [-0.4, -0.2) is 26.3 Å². The van der Waals surface area contributed by atoms with Crippen molar-refractivity contribution in [1.29, 1.82) is 0 Å². The van der Waals surface area contributed by atoms with Crippen LogP contribution in [0.25, 0.3) is 11.6 Å². The Balaban J connectivity index is 1.40. The van der Waals surface area contributed by atoms with Crippen molar-refractivity contribution in [3.63, 3.8) is 0 Å². The van der Waals surface area contributed by atoms with Gasteiger partial charge in [-0.25, -0.2) is 0 Å². The SMILES string of the molecule is CC(C1CC2CCC1C2)n1c(SCC(=O)c2ccc(Cl)c(Cl)c2)nnc1-c1ccco1. The number of ketones is 1. The number of furan rings is 1. The number of fused-ring (bicyclic) bond motifs is 2. The molecule has 0 aliphatic heterocycles. The summed E-state index contributed by atoms with van der Waals surface area (Å²) in [4.78, 5) is 12.8. The first-order valence-corrected chi connectivity index (χ1v) is 12.3. The molecule has 2 bridgehead atoms. The second-order valence-corrected chi connectivity index (χ2v) is 10.3. The quantitative estimate of drug-likeness (QED) is 0.277. The van der Waals surface area contributed by atoms with Gasteiger partial charge in [-0.15, -0.1) is 10.2 Å². The van der Waals surface area contributed by atoms with E-state index in [9.17, 15) is 4.79 Å². The molecule has 2 saturated carbocycles. The molecular formula is C23H23Cl2N3O2S. The van der Waals surface area contributed by atoms with E-state index in [0.717, 1.165) is 22.8 Å². The Labute approximate surface area is 195 Å². The normalized spacial score (nSPS) is 23.4. The lowest BCUT2D eigenvalue weighted by molar-refractivity contribution is 0.102. The molecule has 4 atom stereocenters. The van der Waals surface area contributed by atoms with Crippen LogP contribution in [0.15, 0.2) is 46.2 Å². The van der Waals surface area contributed by atoms with E-state index in [2.05, 4.69) is 21.7 Å². The van der Waals surface area contributed by atoms with Gasteiger partial charge >= 0.3 is 0 Å². The van der Waals surface area contributed by atoms with Crippen LogP contribution in [0.5, 0.6) is 0 Å². The van der Waals surface area contributed by atoms with Crippen molar-refractivity contribution in [2.45, 2.75) is 43.8 Å². The molecule has 2 aliphatic carbocycles. The van der Waals surface area contributed by atoms with Crippen LogP contribution in [0.3, 0.4) is 0 Å². The molecule has 0 amide bonds. The maximum Gasteiger partial charge on any atom is 0.200 e. The summed E-state index contributed by atoms with van der Waals surface area (Å²) in [5.74, 6) is 3.88. The Morgan fingerprint density at radius 3 is 2.77 bits per heavy atom. The summed E-state index contributed by atoms with van der Waals surface area (Å²) >= 11 is 13.5. The van der Waals surface area contributed by atoms with Gasteiger partial charge in [-0.2, -0.15) is 0 Å². The molecular weight excluding hydrogens is 453 g/mol. The maximum absolute atomic E-state index is 12.8. The van der Waals surface area contributed by atoms with Crippen LogP contribution in [0.4, 0.5) is 0 Å². The summed E-state index contributed by atoms with van der Waals surface area (Å²) in [6, 6.07) is 8.97. The fraction of sp³-hybridized carbons (Fsp3) is 0.435. The van der Waals surface area contributed by atoms with Gasteiger partial charge in [-0.05, 0) is 74.3 Å². The minimum atomic E-state index is -0.0229. The second-order valence-electron chi connectivity index (χ2n) is 8.57. The molecule has 4 unspecified atom stereocenters. The van der Waals surface area contributed by atoms with Gasteiger partial charge in [-0.1, -0.05) is 41.4 Å². The average Bonchev–Trinajstić information content (AvgIpc) is 3.57. The molecule has 5 rings (SSSR count). The lowest BCUT2D eigenvalue weighted by Crippen LogP contribution is -2.23. The molecule has 2 aliphatic rings. The van der Waals surface area contributed by atoms with Crippen LogP contribution >= 0.6 is 35.0 Å². The molecule has 0 radical (unpaired) electrons.